The van der Waals surface area contributed by atoms with Crippen LogP contribution in [0.3, 0.4) is 0 Å². The summed E-state index contributed by atoms with van der Waals surface area (Å²) in [4.78, 5) is 37.4. The largest absolute Gasteiger partial charge is 0.453 e. The van der Waals surface area contributed by atoms with Crippen LogP contribution in [-0.4, -0.2) is 19.3 Å². The standard InChI is InChI=1S/C18H16Cl2N4O4/c1-9(2)12-6-11(8-23(3)17(12)26)28-16-13(19)4-10(5-14(16)20)24-18(27)22-15(25)7-21-24/h4-9H,1-3H3,(H,22,25,27). The maximum Gasteiger partial charge on any atom is 0.349 e. The highest BCUT2D eigenvalue weighted by Gasteiger charge is 2.15. The van der Waals surface area contributed by atoms with Gasteiger partial charge in [0.2, 0.25) is 0 Å². The van der Waals surface area contributed by atoms with Gasteiger partial charge >= 0.3 is 5.69 Å². The molecule has 0 aliphatic rings. The van der Waals surface area contributed by atoms with E-state index in [0.29, 0.717) is 11.3 Å². The molecule has 0 fully saturated rings. The zero-order valence-corrected chi connectivity index (χ0v) is 16.7. The Labute approximate surface area is 168 Å². The molecule has 0 unspecified atom stereocenters. The van der Waals surface area contributed by atoms with Gasteiger partial charge in [-0.15, -0.1) is 0 Å². The fraction of sp³-hybridized carbons (Fsp3) is 0.222. The summed E-state index contributed by atoms with van der Waals surface area (Å²) in [5.74, 6) is 0.563. The second-order valence-corrected chi connectivity index (χ2v) is 7.21. The van der Waals surface area contributed by atoms with Crippen molar-refractivity contribution < 1.29 is 4.74 Å². The Balaban J connectivity index is 2.04. The Kier molecular flexibility index (Phi) is 5.44. The number of rotatable bonds is 4. The highest BCUT2D eigenvalue weighted by Crippen LogP contribution is 2.38. The predicted molar refractivity (Wildman–Crippen MR) is 106 cm³/mol. The molecule has 8 nitrogen and oxygen atoms in total. The van der Waals surface area contributed by atoms with Gasteiger partial charge in [0.05, 0.1) is 15.7 Å². The summed E-state index contributed by atoms with van der Waals surface area (Å²) in [5.41, 5.74) is -0.611. The highest BCUT2D eigenvalue weighted by molar-refractivity contribution is 6.37. The van der Waals surface area contributed by atoms with Crippen LogP contribution in [0.1, 0.15) is 25.3 Å². The normalized spacial score (nSPS) is 11.1. The molecule has 0 spiro atoms. The van der Waals surface area contributed by atoms with Crippen molar-refractivity contribution >= 4 is 23.2 Å². The lowest BCUT2D eigenvalue weighted by atomic mass is 10.1. The zero-order valence-electron chi connectivity index (χ0n) is 15.2. The van der Waals surface area contributed by atoms with Gasteiger partial charge in [0.25, 0.3) is 11.1 Å². The molecule has 0 radical (unpaired) electrons. The van der Waals surface area contributed by atoms with Gasteiger partial charge in [-0.05, 0) is 24.1 Å². The maximum atomic E-state index is 12.2. The van der Waals surface area contributed by atoms with E-state index in [1.54, 1.807) is 13.1 Å². The topological polar surface area (TPSA) is 99.0 Å². The molecule has 0 aliphatic carbocycles. The van der Waals surface area contributed by atoms with Gasteiger partial charge in [-0.25, -0.2) is 4.79 Å². The minimum absolute atomic E-state index is 0.00811. The molecule has 0 saturated carbocycles. The second kappa shape index (κ2) is 7.65. The first-order valence-corrected chi connectivity index (χ1v) is 8.99. The number of halogens is 2. The van der Waals surface area contributed by atoms with Crippen LogP contribution in [0.15, 0.2) is 45.0 Å². The van der Waals surface area contributed by atoms with E-state index in [-0.39, 0.29) is 33.0 Å². The zero-order chi connectivity index (χ0) is 20.6. The van der Waals surface area contributed by atoms with E-state index in [4.69, 9.17) is 27.9 Å². The smallest absolute Gasteiger partial charge is 0.349 e. The van der Waals surface area contributed by atoms with Crippen molar-refractivity contribution in [1.82, 2.24) is 19.3 Å². The third-order valence-corrected chi connectivity index (χ3v) is 4.53. The van der Waals surface area contributed by atoms with E-state index in [2.05, 4.69) is 10.1 Å². The molecule has 1 aromatic carbocycles. The monoisotopic (exact) mass is 422 g/mol. The van der Waals surface area contributed by atoms with Crippen LogP contribution in [0.5, 0.6) is 11.5 Å². The Morgan fingerprint density at radius 3 is 2.32 bits per heavy atom. The lowest BCUT2D eigenvalue weighted by Crippen LogP contribution is -2.30. The van der Waals surface area contributed by atoms with Gasteiger partial charge in [0.1, 0.15) is 11.9 Å². The number of hydrogen-bond donors (Lipinski definition) is 1. The molecule has 0 aliphatic heterocycles. The molecule has 0 saturated heterocycles. The Hall–Kier alpha value is -2.84. The summed E-state index contributed by atoms with van der Waals surface area (Å²) in [6.07, 6.45) is 2.49. The lowest BCUT2D eigenvalue weighted by molar-refractivity contribution is 0.474. The van der Waals surface area contributed by atoms with Crippen molar-refractivity contribution in [2.24, 2.45) is 7.05 Å². The van der Waals surface area contributed by atoms with Crippen molar-refractivity contribution in [3.05, 3.63) is 77.4 Å². The summed E-state index contributed by atoms with van der Waals surface area (Å²) < 4.78 is 8.19. The van der Waals surface area contributed by atoms with Crippen LogP contribution < -0.4 is 21.5 Å². The van der Waals surface area contributed by atoms with E-state index < -0.39 is 11.2 Å². The average molecular weight is 423 g/mol. The summed E-state index contributed by atoms with van der Waals surface area (Å²) in [6.45, 7) is 3.81. The molecule has 0 amide bonds. The first-order valence-electron chi connectivity index (χ1n) is 8.24. The quantitative estimate of drug-likeness (QED) is 0.696. The van der Waals surface area contributed by atoms with Crippen molar-refractivity contribution in [2.45, 2.75) is 19.8 Å². The summed E-state index contributed by atoms with van der Waals surface area (Å²) >= 11 is 12.6. The minimum atomic E-state index is -0.729. The number of nitrogens with one attached hydrogen (secondary N) is 1. The molecule has 0 bridgehead atoms. The van der Waals surface area contributed by atoms with Crippen LogP contribution in [-0.2, 0) is 7.05 Å². The van der Waals surface area contributed by atoms with Crippen LogP contribution >= 0.6 is 23.2 Å². The van der Waals surface area contributed by atoms with Gasteiger partial charge in [-0.1, -0.05) is 37.0 Å². The highest BCUT2D eigenvalue weighted by atomic mass is 35.5. The Bertz CT molecular complexity index is 1200. The minimum Gasteiger partial charge on any atom is -0.453 e. The van der Waals surface area contributed by atoms with Gasteiger partial charge in [0, 0.05) is 18.8 Å². The van der Waals surface area contributed by atoms with E-state index in [1.807, 2.05) is 13.8 Å². The number of aromatic nitrogens is 4. The third kappa shape index (κ3) is 3.88. The number of pyridine rings is 1. The second-order valence-electron chi connectivity index (χ2n) is 6.39. The molecular weight excluding hydrogens is 407 g/mol. The Morgan fingerprint density at radius 2 is 1.75 bits per heavy atom. The molecule has 3 aromatic rings. The molecule has 1 N–H and O–H groups in total. The molecule has 28 heavy (non-hydrogen) atoms. The predicted octanol–water partition coefficient (Wildman–Crippen LogP) is 2.84. The van der Waals surface area contributed by atoms with Gasteiger partial charge in [-0.3, -0.25) is 14.6 Å². The van der Waals surface area contributed by atoms with Gasteiger partial charge in [-0.2, -0.15) is 9.78 Å². The van der Waals surface area contributed by atoms with Crippen molar-refractivity contribution in [3.8, 4) is 17.2 Å². The van der Waals surface area contributed by atoms with Crippen molar-refractivity contribution in [2.75, 3.05) is 0 Å². The van der Waals surface area contributed by atoms with E-state index >= 15 is 0 Å². The maximum absolute atomic E-state index is 12.2. The van der Waals surface area contributed by atoms with Crippen LogP contribution in [0.4, 0.5) is 0 Å². The van der Waals surface area contributed by atoms with Crippen LogP contribution in [0, 0.1) is 0 Å². The summed E-state index contributed by atoms with van der Waals surface area (Å²) in [6, 6.07) is 4.50. The number of aryl methyl sites for hydroxylation is 1. The molecule has 3 rings (SSSR count). The first kappa shape index (κ1) is 19.9. The third-order valence-electron chi connectivity index (χ3n) is 3.97. The fourth-order valence-corrected chi connectivity index (χ4v) is 3.15. The van der Waals surface area contributed by atoms with Gasteiger partial charge in [0.15, 0.2) is 5.75 Å². The molecule has 10 heteroatoms. The van der Waals surface area contributed by atoms with E-state index in [9.17, 15) is 14.4 Å². The Morgan fingerprint density at radius 1 is 1.11 bits per heavy atom. The fourth-order valence-electron chi connectivity index (χ4n) is 2.60. The number of aromatic amines is 1. The molecule has 146 valence electrons. The first-order chi connectivity index (χ1) is 13.2. The molecule has 2 aromatic heterocycles. The number of benzene rings is 1. The molecule has 2 heterocycles. The number of ether oxygens (including phenoxy) is 1. The summed E-state index contributed by atoms with van der Waals surface area (Å²) in [5, 5.41) is 4.01. The average Bonchev–Trinajstić information content (AvgIpc) is 2.60. The number of H-pyrrole nitrogens is 1. The number of nitrogens with zero attached hydrogens (tertiary/aromatic N) is 3. The molecule has 0 atom stereocenters. The van der Waals surface area contributed by atoms with Crippen molar-refractivity contribution in [3.63, 3.8) is 0 Å². The molecular formula is C18H16Cl2N4O4. The van der Waals surface area contributed by atoms with Crippen LogP contribution in [0.2, 0.25) is 10.0 Å². The lowest BCUT2D eigenvalue weighted by Gasteiger charge is -2.14. The van der Waals surface area contributed by atoms with E-state index in [0.717, 1.165) is 10.9 Å². The van der Waals surface area contributed by atoms with E-state index in [1.165, 1.54) is 22.9 Å². The van der Waals surface area contributed by atoms with Crippen LogP contribution in [0.25, 0.3) is 5.69 Å². The summed E-state index contributed by atoms with van der Waals surface area (Å²) in [7, 11) is 1.63. The SMILES string of the molecule is CC(C)c1cc(Oc2c(Cl)cc(-n3ncc(=O)[nH]c3=O)cc2Cl)cn(C)c1=O. The van der Waals surface area contributed by atoms with Crippen molar-refractivity contribution in [1.29, 1.82) is 0 Å². The number of hydrogen-bond acceptors (Lipinski definition) is 5. The van der Waals surface area contributed by atoms with Gasteiger partial charge < -0.3 is 9.30 Å².